The highest BCUT2D eigenvalue weighted by Crippen LogP contribution is 2.39. The average molecular weight is 447 g/mol. The van der Waals surface area contributed by atoms with Crippen LogP contribution < -0.4 is 10.6 Å². The van der Waals surface area contributed by atoms with Gasteiger partial charge in [-0.3, -0.25) is 9.79 Å². The van der Waals surface area contributed by atoms with Gasteiger partial charge in [-0.1, -0.05) is 29.6 Å². The summed E-state index contributed by atoms with van der Waals surface area (Å²) in [6, 6.07) is 7.32. The first kappa shape index (κ1) is 23.1. The van der Waals surface area contributed by atoms with Crippen molar-refractivity contribution >= 4 is 23.5 Å². The Kier molecular flexibility index (Phi) is 7.90. The van der Waals surface area contributed by atoms with Crippen molar-refractivity contribution in [2.75, 3.05) is 33.7 Å². The Bertz CT molecular complexity index is 888. The predicted octanol–water partition coefficient (Wildman–Crippen LogP) is 3.14. The summed E-state index contributed by atoms with van der Waals surface area (Å²) < 4.78 is 5.36. The van der Waals surface area contributed by atoms with Gasteiger partial charge in [0.15, 0.2) is 5.96 Å². The van der Waals surface area contributed by atoms with E-state index in [2.05, 4.69) is 20.8 Å². The first-order valence-electron chi connectivity index (χ1n) is 10.8. The van der Waals surface area contributed by atoms with Gasteiger partial charge in [0.2, 0.25) is 17.6 Å². The molecule has 0 saturated heterocycles. The molecule has 0 atom stereocenters. The van der Waals surface area contributed by atoms with Crippen molar-refractivity contribution in [3.8, 4) is 11.4 Å². The van der Waals surface area contributed by atoms with Gasteiger partial charge in [0.05, 0.1) is 12.0 Å². The number of hydrogen-bond donors (Lipinski definition) is 2. The maximum Gasteiger partial charge on any atom is 0.230 e. The van der Waals surface area contributed by atoms with Crippen LogP contribution in [0.1, 0.15) is 38.5 Å². The van der Waals surface area contributed by atoms with Crippen LogP contribution in [0.2, 0.25) is 5.02 Å². The molecular weight excluding hydrogens is 416 g/mol. The number of carbonyl (C=O) groups is 1. The fourth-order valence-electron chi connectivity index (χ4n) is 3.90. The summed E-state index contributed by atoms with van der Waals surface area (Å²) in [5.74, 6) is 1.95. The number of aliphatic imine (C=N–C) groups is 1. The molecule has 3 rings (SSSR count). The van der Waals surface area contributed by atoms with Crippen LogP contribution in [0.25, 0.3) is 11.4 Å². The zero-order chi connectivity index (χ0) is 22.3. The predicted molar refractivity (Wildman–Crippen MR) is 122 cm³/mol. The van der Waals surface area contributed by atoms with Crippen LogP contribution >= 0.6 is 11.6 Å². The molecule has 8 nitrogen and oxygen atoms in total. The highest BCUT2D eigenvalue weighted by Gasteiger charge is 2.42. The van der Waals surface area contributed by atoms with Crippen molar-refractivity contribution in [1.82, 2.24) is 25.7 Å². The molecule has 31 heavy (non-hydrogen) atoms. The number of nitrogens with one attached hydrogen (secondary N) is 2. The molecule has 1 aromatic carbocycles. The van der Waals surface area contributed by atoms with Gasteiger partial charge in [0.1, 0.15) is 0 Å². The summed E-state index contributed by atoms with van der Waals surface area (Å²) in [5.41, 5.74) is 0.473. The molecule has 1 fully saturated rings. The third kappa shape index (κ3) is 5.97. The Morgan fingerprint density at radius 2 is 1.94 bits per heavy atom. The molecule has 2 aromatic rings. The second-order valence-corrected chi connectivity index (χ2v) is 8.51. The lowest BCUT2D eigenvalue weighted by Gasteiger charge is -2.29. The molecule has 0 aliphatic heterocycles. The van der Waals surface area contributed by atoms with Gasteiger partial charge in [-0.25, -0.2) is 0 Å². The molecule has 1 heterocycles. The lowest BCUT2D eigenvalue weighted by molar-refractivity contribution is -0.138. The summed E-state index contributed by atoms with van der Waals surface area (Å²) in [6.45, 7) is 3.83. The summed E-state index contributed by atoms with van der Waals surface area (Å²) in [7, 11) is 3.64. The summed E-state index contributed by atoms with van der Waals surface area (Å²) in [6.07, 6.45) is 4.50. The van der Waals surface area contributed by atoms with Crippen molar-refractivity contribution in [3.05, 3.63) is 35.2 Å². The minimum Gasteiger partial charge on any atom is -0.357 e. The standard InChI is InChI=1S/C22H31ClN6O2/c1-4-24-21(26-15-22(12-5-6-13-22)20(30)29(2)3)25-14-11-18-27-19(28-31-18)16-7-9-17(23)10-8-16/h7-10H,4-6,11-15H2,1-3H3,(H2,24,25,26). The SMILES string of the molecule is CCNC(=NCC1(C(=O)N(C)C)CCCC1)NCCc1nc(-c2ccc(Cl)cc2)no1. The van der Waals surface area contributed by atoms with E-state index in [9.17, 15) is 4.79 Å². The average Bonchev–Trinajstić information content (AvgIpc) is 3.42. The van der Waals surface area contributed by atoms with E-state index < -0.39 is 0 Å². The minimum atomic E-state index is -0.383. The van der Waals surface area contributed by atoms with Gasteiger partial charge in [0, 0.05) is 44.2 Å². The Balaban J connectivity index is 1.58. The molecule has 1 aromatic heterocycles. The Morgan fingerprint density at radius 1 is 1.23 bits per heavy atom. The normalized spacial score (nSPS) is 15.7. The number of nitrogens with zero attached hydrogens (tertiary/aromatic N) is 4. The molecular formula is C22H31ClN6O2. The van der Waals surface area contributed by atoms with Crippen LogP contribution in [0.3, 0.4) is 0 Å². The van der Waals surface area contributed by atoms with Crippen LogP contribution in [0.5, 0.6) is 0 Å². The molecule has 2 N–H and O–H groups in total. The van der Waals surface area contributed by atoms with Crippen LogP contribution in [0.4, 0.5) is 0 Å². The maximum absolute atomic E-state index is 12.8. The number of aromatic nitrogens is 2. The van der Waals surface area contributed by atoms with E-state index in [1.165, 1.54) is 0 Å². The van der Waals surface area contributed by atoms with E-state index in [1.54, 1.807) is 17.0 Å². The fourth-order valence-corrected chi connectivity index (χ4v) is 4.02. The number of amides is 1. The molecule has 1 aliphatic carbocycles. The summed E-state index contributed by atoms with van der Waals surface area (Å²) in [4.78, 5) is 23.6. The quantitative estimate of drug-likeness (QED) is 0.477. The Labute approximate surface area is 188 Å². The van der Waals surface area contributed by atoms with Gasteiger partial charge in [-0.05, 0) is 44.0 Å². The highest BCUT2D eigenvalue weighted by atomic mass is 35.5. The van der Waals surface area contributed by atoms with Crippen molar-refractivity contribution in [2.45, 2.75) is 39.0 Å². The number of guanidine groups is 1. The van der Waals surface area contributed by atoms with Gasteiger partial charge in [-0.2, -0.15) is 4.98 Å². The number of rotatable bonds is 8. The Hall–Kier alpha value is -2.61. The third-order valence-electron chi connectivity index (χ3n) is 5.51. The molecule has 0 bridgehead atoms. The topological polar surface area (TPSA) is 95.7 Å². The molecule has 9 heteroatoms. The molecule has 1 saturated carbocycles. The summed E-state index contributed by atoms with van der Waals surface area (Å²) >= 11 is 5.93. The van der Waals surface area contributed by atoms with Crippen LogP contribution in [-0.2, 0) is 11.2 Å². The first-order chi connectivity index (χ1) is 14.9. The largest absolute Gasteiger partial charge is 0.357 e. The van der Waals surface area contributed by atoms with Crippen LogP contribution in [-0.4, -0.2) is 60.6 Å². The van der Waals surface area contributed by atoms with E-state index in [1.807, 2.05) is 33.2 Å². The molecule has 0 unspecified atom stereocenters. The number of benzene rings is 1. The van der Waals surface area contributed by atoms with Gasteiger partial charge in [-0.15, -0.1) is 0 Å². The highest BCUT2D eigenvalue weighted by molar-refractivity contribution is 6.30. The minimum absolute atomic E-state index is 0.171. The summed E-state index contributed by atoms with van der Waals surface area (Å²) in [5, 5.41) is 11.3. The maximum atomic E-state index is 12.8. The smallest absolute Gasteiger partial charge is 0.230 e. The van der Waals surface area contributed by atoms with Crippen molar-refractivity contribution < 1.29 is 9.32 Å². The van der Waals surface area contributed by atoms with Gasteiger partial charge >= 0.3 is 0 Å². The van der Waals surface area contributed by atoms with E-state index in [4.69, 9.17) is 21.1 Å². The van der Waals surface area contributed by atoms with Gasteiger partial charge in [0.25, 0.3) is 0 Å². The zero-order valence-electron chi connectivity index (χ0n) is 18.4. The van der Waals surface area contributed by atoms with Crippen molar-refractivity contribution in [1.29, 1.82) is 0 Å². The van der Waals surface area contributed by atoms with Crippen molar-refractivity contribution in [3.63, 3.8) is 0 Å². The van der Waals surface area contributed by atoms with Gasteiger partial charge < -0.3 is 20.1 Å². The Morgan fingerprint density at radius 3 is 2.58 bits per heavy atom. The number of carbonyl (C=O) groups excluding carboxylic acids is 1. The lowest BCUT2D eigenvalue weighted by Crippen LogP contribution is -2.43. The number of hydrogen-bond acceptors (Lipinski definition) is 5. The van der Waals surface area contributed by atoms with Crippen molar-refractivity contribution in [2.24, 2.45) is 10.4 Å². The molecule has 0 spiro atoms. The molecule has 0 radical (unpaired) electrons. The lowest BCUT2D eigenvalue weighted by atomic mass is 9.85. The monoisotopic (exact) mass is 446 g/mol. The fraction of sp³-hybridized carbons (Fsp3) is 0.545. The molecule has 168 valence electrons. The van der Waals surface area contributed by atoms with E-state index in [0.29, 0.717) is 42.2 Å². The van der Waals surface area contributed by atoms with E-state index >= 15 is 0 Å². The second-order valence-electron chi connectivity index (χ2n) is 8.08. The molecule has 1 aliphatic rings. The van der Waals surface area contributed by atoms with E-state index in [0.717, 1.165) is 37.8 Å². The van der Waals surface area contributed by atoms with Crippen LogP contribution in [0.15, 0.2) is 33.8 Å². The number of halogens is 1. The second kappa shape index (κ2) is 10.6. The van der Waals surface area contributed by atoms with Crippen LogP contribution in [0, 0.1) is 5.41 Å². The first-order valence-corrected chi connectivity index (χ1v) is 11.1. The zero-order valence-corrected chi connectivity index (χ0v) is 19.2. The van der Waals surface area contributed by atoms with E-state index in [-0.39, 0.29) is 11.3 Å². The molecule has 1 amide bonds. The third-order valence-corrected chi connectivity index (χ3v) is 5.76.